The van der Waals surface area contributed by atoms with E-state index >= 15 is 0 Å². The first-order valence-electron chi connectivity index (χ1n) is 3.63. The van der Waals surface area contributed by atoms with Crippen LogP contribution in [-0.4, -0.2) is 34.9 Å². The smallest absolute Gasteiger partial charge is 0.207 e. The van der Waals surface area contributed by atoms with Crippen LogP contribution in [0.15, 0.2) is 0 Å². The minimum atomic E-state index is -7.29. The normalized spacial score (nSPS) is 18.6. The molecular formula is C5ClF12N. The first kappa shape index (κ1) is 18.4. The largest absolute Gasteiger partial charge is 0.470 e. The van der Waals surface area contributed by atoms with Crippen molar-refractivity contribution in [3.8, 4) is 0 Å². The molecule has 0 aliphatic carbocycles. The number of rotatable bonds is 2. The Balaban J connectivity index is 6.28. The number of hydrogen-bond acceptors (Lipinski definition) is 1. The van der Waals surface area contributed by atoms with Gasteiger partial charge in [0.1, 0.15) is 0 Å². The van der Waals surface area contributed by atoms with Gasteiger partial charge >= 0.3 is 30.0 Å². The van der Waals surface area contributed by atoms with Gasteiger partial charge in [-0.25, -0.2) is 4.39 Å². The summed E-state index contributed by atoms with van der Waals surface area (Å²) in [5.74, 6) is -7.22. The fourth-order valence-corrected chi connectivity index (χ4v) is 1.10. The van der Waals surface area contributed by atoms with Crippen molar-refractivity contribution in [3.63, 3.8) is 0 Å². The summed E-state index contributed by atoms with van der Waals surface area (Å²) in [6.45, 7) is 0. The van der Waals surface area contributed by atoms with Crippen LogP contribution in [0.25, 0.3) is 0 Å². The Morgan fingerprint density at radius 1 is 0.579 bits per heavy atom. The summed E-state index contributed by atoms with van der Waals surface area (Å²) in [6.07, 6.45) is -21.6. The molecule has 0 N–H and O–H groups in total. The van der Waals surface area contributed by atoms with E-state index in [0.717, 1.165) is 0 Å². The predicted octanol–water partition coefficient (Wildman–Crippen LogP) is 4.39. The molecule has 0 rings (SSSR count). The maximum atomic E-state index is 12.9. The van der Waals surface area contributed by atoms with Crippen molar-refractivity contribution in [2.75, 3.05) is 0 Å². The van der Waals surface area contributed by atoms with E-state index in [9.17, 15) is 52.7 Å². The van der Waals surface area contributed by atoms with Crippen molar-refractivity contribution in [2.24, 2.45) is 0 Å². The zero-order valence-electron chi connectivity index (χ0n) is 7.86. The maximum Gasteiger partial charge on any atom is 0.470 e. The average Bonchev–Trinajstić information content (AvgIpc) is 1.92. The van der Waals surface area contributed by atoms with Gasteiger partial charge in [0, 0.05) is 0 Å². The summed E-state index contributed by atoms with van der Waals surface area (Å²) in [7, 11) is 0. The van der Waals surface area contributed by atoms with Crippen LogP contribution >= 0.6 is 11.6 Å². The molecule has 1 nitrogen and oxygen atoms in total. The molecule has 116 valence electrons. The molecule has 0 aromatic carbocycles. The molecule has 0 aromatic rings. The minimum Gasteiger partial charge on any atom is -0.207 e. The molecule has 1 atom stereocenters. The highest BCUT2D eigenvalue weighted by Gasteiger charge is 2.83. The van der Waals surface area contributed by atoms with E-state index in [1.54, 1.807) is 0 Å². The zero-order valence-corrected chi connectivity index (χ0v) is 8.62. The molecule has 0 aromatic heterocycles. The van der Waals surface area contributed by atoms with Crippen molar-refractivity contribution >= 4 is 11.6 Å². The predicted molar refractivity (Wildman–Crippen MR) is 34.6 cm³/mol. The highest BCUT2D eigenvalue weighted by atomic mass is 35.5. The molecule has 0 spiro atoms. The van der Waals surface area contributed by atoms with Gasteiger partial charge in [-0.3, -0.25) is 0 Å². The number of hydrogen-bond donors (Lipinski definition) is 0. The monoisotopic (exact) mass is 337 g/mol. The van der Waals surface area contributed by atoms with Crippen molar-refractivity contribution in [2.45, 2.75) is 30.0 Å². The van der Waals surface area contributed by atoms with Gasteiger partial charge in [-0.2, -0.15) is 48.3 Å². The van der Waals surface area contributed by atoms with Gasteiger partial charge < -0.3 is 0 Å². The number of halogens is 13. The molecule has 0 aliphatic rings. The lowest BCUT2D eigenvalue weighted by Gasteiger charge is -2.41. The van der Waals surface area contributed by atoms with E-state index in [-0.39, 0.29) is 0 Å². The highest BCUT2D eigenvalue weighted by Crippen LogP contribution is 2.55. The molecule has 0 saturated heterocycles. The molecule has 0 heterocycles. The highest BCUT2D eigenvalue weighted by molar-refractivity contribution is 6.22. The van der Waals surface area contributed by atoms with Crippen LogP contribution in [0.2, 0.25) is 0 Å². The summed E-state index contributed by atoms with van der Waals surface area (Å²) in [5.41, 5.74) is 0. The fraction of sp³-hybridized carbons (Fsp3) is 1.00. The van der Waals surface area contributed by atoms with Gasteiger partial charge in [0.05, 0.1) is 0 Å². The molecular weight excluding hydrogens is 337 g/mol. The van der Waals surface area contributed by atoms with E-state index in [0.29, 0.717) is 0 Å². The summed E-state index contributed by atoms with van der Waals surface area (Å²) in [4.78, 5) is -3.94. The first-order valence-corrected chi connectivity index (χ1v) is 4.01. The Kier molecular flexibility index (Phi) is 4.32. The van der Waals surface area contributed by atoms with E-state index < -0.39 is 34.9 Å². The summed E-state index contributed by atoms with van der Waals surface area (Å²) >= 11 is 3.46. The third kappa shape index (κ3) is 3.30. The van der Waals surface area contributed by atoms with Crippen LogP contribution in [-0.2, 0) is 0 Å². The van der Waals surface area contributed by atoms with Crippen LogP contribution in [0.1, 0.15) is 0 Å². The fourth-order valence-electron chi connectivity index (χ4n) is 0.907. The van der Waals surface area contributed by atoms with Gasteiger partial charge in [0.15, 0.2) is 0 Å². The Bertz CT molecular complexity index is 291. The average molecular weight is 337 g/mol. The molecule has 0 amide bonds. The summed E-state index contributed by atoms with van der Waals surface area (Å²) in [5, 5.41) is -6.56. The standard InChI is InChI=1S/C5ClF12N/c6-2(8,9)1(7,3(10,11)12)19(4(13,14)15)5(16,17)18. The second-order valence-corrected chi connectivity index (χ2v) is 3.36. The molecule has 0 radical (unpaired) electrons. The van der Waals surface area contributed by atoms with Gasteiger partial charge in [-0.1, -0.05) is 4.90 Å². The summed E-state index contributed by atoms with van der Waals surface area (Å²) < 4.78 is 144. The SMILES string of the molecule is FC(F)(F)N(C(F)(F)F)C(F)(C(F)(F)F)C(F)(F)Cl. The number of nitrogens with zero attached hydrogens (tertiary/aromatic N) is 1. The lowest BCUT2D eigenvalue weighted by molar-refractivity contribution is -0.475. The zero-order chi connectivity index (χ0) is 16.1. The Labute approximate surface area is 100 Å². The summed E-state index contributed by atoms with van der Waals surface area (Å²) in [6, 6.07) is 0. The lowest BCUT2D eigenvalue weighted by Crippen LogP contribution is -2.71. The van der Waals surface area contributed by atoms with Gasteiger partial charge in [-0.15, -0.1) is 0 Å². The van der Waals surface area contributed by atoms with Gasteiger partial charge in [-0.05, 0) is 11.6 Å². The second kappa shape index (κ2) is 4.46. The molecule has 0 fully saturated rings. The third-order valence-electron chi connectivity index (χ3n) is 1.57. The molecule has 0 saturated carbocycles. The van der Waals surface area contributed by atoms with Crippen molar-refractivity contribution in [1.82, 2.24) is 4.90 Å². The first-order chi connectivity index (χ1) is 7.87. The lowest BCUT2D eigenvalue weighted by atomic mass is 10.2. The second-order valence-electron chi connectivity index (χ2n) is 2.89. The maximum absolute atomic E-state index is 12.9. The Morgan fingerprint density at radius 3 is 0.895 bits per heavy atom. The molecule has 14 heteroatoms. The minimum absolute atomic E-state index is 3.46. The molecule has 0 bridgehead atoms. The Morgan fingerprint density at radius 2 is 0.842 bits per heavy atom. The van der Waals surface area contributed by atoms with E-state index in [1.807, 2.05) is 0 Å². The third-order valence-corrected chi connectivity index (χ3v) is 1.82. The van der Waals surface area contributed by atoms with E-state index in [4.69, 9.17) is 0 Å². The van der Waals surface area contributed by atoms with Crippen molar-refractivity contribution in [1.29, 1.82) is 0 Å². The van der Waals surface area contributed by atoms with Crippen LogP contribution in [0, 0.1) is 0 Å². The quantitative estimate of drug-likeness (QED) is 0.410. The molecule has 19 heavy (non-hydrogen) atoms. The molecule has 0 aliphatic heterocycles. The number of alkyl halides is 13. The Hall–Kier alpha value is -0.590. The van der Waals surface area contributed by atoms with Crippen molar-refractivity contribution in [3.05, 3.63) is 0 Å². The van der Waals surface area contributed by atoms with Crippen molar-refractivity contribution < 1.29 is 52.7 Å². The topological polar surface area (TPSA) is 3.24 Å². The van der Waals surface area contributed by atoms with Gasteiger partial charge in [0.2, 0.25) is 0 Å². The van der Waals surface area contributed by atoms with Gasteiger partial charge in [0.25, 0.3) is 0 Å². The van der Waals surface area contributed by atoms with Crippen LogP contribution in [0.5, 0.6) is 0 Å². The molecule has 1 unspecified atom stereocenters. The van der Waals surface area contributed by atoms with E-state index in [2.05, 4.69) is 11.6 Å². The van der Waals surface area contributed by atoms with Crippen LogP contribution < -0.4 is 0 Å². The van der Waals surface area contributed by atoms with Crippen LogP contribution in [0.3, 0.4) is 0 Å². The van der Waals surface area contributed by atoms with Crippen LogP contribution in [0.4, 0.5) is 52.7 Å². The van der Waals surface area contributed by atoms with E-state index in [1.165, 1.54) is 0 Å².